The van der Waals surface area contributed by atoms with Gasteiger partial charge in [0.1, 0.15) is 0 Å². The summed E-state index contributed by atoms with van der Waals surface area (Å²) in [5, 5.41) is 12.0. The summed E-state index contributed by atoms with van der Waals surface area (Å²) < 4.78 is 12.4. The molecule has 4 nitrogen and oxygen atoms in total. The van der Waals surface area contributed by atoms with E-state index in [1.165, 1.54) is 0 Å². The molecule has 0 aromatic carbocycles. The quantitative estimate of drug-likeness (QED) is 0.752. The first-order valence-corrected chi connectivity index (χ1v) is 4.63. The molecule has 0 radical (unpaired) electrons. The molecule has 14 heavy (non-hydrogen) atoms. The number of halogens is 1. The van der Waals surface area contributed by atoms with Gasteiger partial charge in [-0.15, -0.1) is 0 Å². The number of aliphatic hydroxyl groups is 1. The fraction of sp³-hybridized carbons (Fsp3) is 0.556. The Labute approximate surface area is 81.2 Å². The summed E-state index contributed by atoms with van der Waals surface area (Å²) in [4.78, 5) is 7.54. The van der Waals surface area contributed by atoms with E-state index in [2.05, 4.69) is 15.3 Å². The number of nitrogens with zero attached hydrogens (tertiary/aromatic N) is 2. The Hall–Kier alpha value is -1.23. The van der Waals surface area contributed by atoms with Gasteiger partial charge in [0, 0.05) is 6.54 Å². The van der Waals surface area contributed by atoms with Crippen molar-refractivity contribution in [3.05, 3.63) is 18.2 Å². The lowest BCUT2D eigenvalue weighted by atomic mass is 9.82. The second-order valence-electron chi connectivity index (χ2n) is 3.60. The number of anilines is 1. The molecule has 2 N–H and O–H groups in total. The van der Waals surface area contributed by atoms with Crippen LogP contribution in [0.4, 0.5) is 10.3 Å². The molecule has 76 valence electrons. The van der Waals surface area contributed by atoms with Crippen molar-refractivity contribution in [3.63, 3.8) is 0 Å². The molecule has 1 heterocycles. The number of aliphatic hydroxyl groups excluding tert-OH is 1. The standard InChI is InChI=1S/C9H12FN3O/c10-7-4-12-9(13-5-7)11-3-6-1-8(14)2-6/h4-6,8,14H,1-3H2,(H,11,12,13). The highest BCUT2D eigenvalue weighted by atomic mass is 19.1. The number of hydrogen-bond donors (Lipinski definition) is 2. The molecule has 5 heteroatoms. The summed E-state index contributed by atoms with van der Waals surface area (Å²) in [7, 11) is 0. The maximum atomic E-state index is 12.4. The first-order valence-electron chi connectivity index (χ1n) is 4.63. The van der Waals surface area contributed by atoms with Crippen LogP contribution in [-0.4, -0.2) is 27.7 Å². The molecule has 1 aromatic rings. The van der Waals surface area contributed by atoms with Gasteiger partial charge in [0.15, 0.2) is 5.82 Å². The Kier molecular flexibility index (Phi) is 2.58. The Morgan fingerprint density at radius 3 is 2.64 bits per heavy atom. The summed E-state index contributed by atoms with van der Waals surface area (Å²) in [5.74, 6) is 0.487. The monoisotopic (exact) mass is 197 g/mol. The maximum absolute atomic E-state index is 12.4. The zero-order chi connectivity index (χ0) is 9.97. The van der Waals surface area contributed by atoms with Gasteiger partial charge in [-0.25, -0.2) is 14.4 Å². The lowest BCUT2D eigenvalue weighted by molar-refractivity contribution is 0.0486. The summed E-state index contributed by atoms with van der Waals surface area (Å²) in [6, 6.07) is 0. The predicted octanol–water partition coefficient (Wildman–Crippen LogP) is 0.798. The van der Waals surface area contributed by atoms with Gasteiger partial charge in [0.05, 0.1) is 18.5 Å². The third-order valence-corrected chi connectivity index (χ3v) is 2.38. The van der Waals surface area contributed by atoms with Crippen LogP contribution in [0.3, 0.4) is 0 Å². The zero-order valence-electron chi connectivity index (χ0n) is 7.65. The van der Waals surface area contributed by atoms with Crippen LogP contribution in [0.5, 0.6) is 0 Å². The van der Waals surface area contributed by atoms with Gasteiger partial charge >= 0.3 is 0 Å². The molecular formula is C9H12FN3O. The molecule has 0 amide bonds. The number of aromatic nitrogens is 2. The van der Waals surface area contributed by atoms with E-state index < -0.39 is 5.82 Å². The predicted molar refractivity (Wildman–Crippen MR) is 49.2 cm³/mol. The van der Waals surface area contributed by atoms with Gasteiger partial charge in [-0.2, -0.15) is 0 Å². The summed E-state index contributed by atoms with van der Waals surface area (Å²) in [5.41, 5.74) is 0. The van der Waals surface area contributed by atoms with Crippen molar-refractivity contribution in [2.24, 2.45) is 5.92 Å². The van der Waals surface area contributed by atoms with Crippen LogP contribution < -0.4 is 5.32 Å². The van der Waals surface area contributed by atoms with E-state index in [9.17, 15) is 4.39 Å². The summed E-state index contributed by atoms with van der Waals surface area (Å²) in [6.07, 6.45) is 3.77. The highest BCUT2D eigenvalue weighted by molar-refractivity contribution is 5.22. The van der Waals surface area contributed by atoms with Crippen molar-refractivity contribution in [1.29, 1.82) is 0 Å². The molecule has 1 aromatic heterocycles. The van der Waals surface area contributed by atoms with Gasteiger partial charge in [-0.3, -0.25) is 0 Å². The second kappa shape index (κ2) is 3.88. The van der Waals surface area contributed by atoms with E-state index in [-0.39, 0.29) is 6.10 Å². The fourth-order valence-electron chi connectivity index (χ4n) is 1.51. The molecular weight excluding hydrogens is 185 g/mol. The van der Waals surface area contributed by atoms with Crippen molar-refractivity contribution in [2.75, 3.05) is 11.9 Å². The highest BCUT2D eigenvalue weighted by Gasteiger charge is 2.26. The number of rotatable bonds is 3. The van der Waals surface area contributed by atoms with Gasteiger partial charge in [0.2, 0.25) is 5.95 Å². The number of nitrogens with one attached hydrogen (secondary N) is 1. The normalized spacial score (nSPS) is 25.6. The minimum atomic E-state index is -0.436. The third kappa shape index (κ3) is 2.17. The van der Waals surface area contributed by atoms with E-state index in [4.69, 9.17) is 5.11 Å². The number of hydrogen-bond acceptors (Lipinski definition) is 4. The van der Waals surface area contributed by atoms with Crippen LogP contribution in [0.1, 0.15) is 12.8 Å². The molecule has 1 aliphatic carbocycles. The van der Waals surface area contributed by atoms with Gasteiger partial charge < -0.3 is 10.4 Å². The molecule has 0 unspecified atom stereocenters. The van der Waals surface area contributed by atoms with Crippen molar-refractivity contribution >= 4 is 5.95 Å². The van der Waals surface area contributed by atoms with Crippen molar-refractivity contribution in [1.82, 2.24) is 9.97 Å². The average Bonchev–Trinajstić information content (AvgIpc) is 2.13. The molecule has 0 aliphatic heterocycles. The van der Waals surface area contributed by atoms with Crippen LogP contribution in [0.2, 0.25) is 0 Å². The lowest BCUT2D eigenvalue weighted by Crippen LogP contribution is -2.33. The van der Waals surface area contributed by atoms with Crippen LogP contribution in [0.15, 0.2) is 12.4 Å². The SMILES string of the molecule is OC1CC(CNc2ncc(F)cn2)C1. The van der Waals surface area contributed by atoms with Crippen LogP contribution in [-0.2, 0) is 0 Å². The minimum absolute atomic E-state index is 0.143. The highest BCUT2D eigenvalue weighted by Crippen LogP contribution is 2.26. The van der Waals surface area contributed by atoms with E-state index in [1.54, 1.807) is 0 Å². The van der Waals surface area contributed by atoms with E-state index in [0.717, 1.165) is 31.8 Å². The van der Waals surface area contributed by atoms with E-state index in [1.807, 2.05) is 0 Å². The molecule has 1 fully saturated rings. The Morgan fingerprint density at radius 1 is 1.43 bits per heavy atom. The van der Waals surface area contributed by atoms with Crippen LogP contribution in [0.25, 0.3) is 0 Å². The average molecular weight is 197 g/mol. The minimum Gasteiger partial charge on any atom is -0.393 e. The second-order valence-corrected chi connectivity index (χ2v) is 3.60. The Morgan fingerprint density at radius 2 is 2.07 bits per heavy atom. The maximum Gasteiger partial charge on any atom is 0.222 e. The van der Waals surface area contributed by atoms with Crippen LogP contribution in [0, 0.1) is 11.7 Å². The Balaban J connectivity index is 1.78. The first kappa shape index (κ1) is 9.33. The van der Waals surface area contributed by atoms with Crippen molar-refractivity contribution in [2.45, 2.75) is 18.9 Å². The van der Waals surface area contributed by atoms with Gasteiger partial charge in [0.25, 0.3) is 0 Å². The molecule has 2 rings (SSSR count). The lowest BCUT2D eigenvalue weighted by Gasteiger charge is -2.31. The topological polar surface area (TPSA) is 58.0 Å². The fourth-order valence-corrected chi connectivity index (χ4v) is 1.51. The van der Waals surface area contributed by atoms with Crippen LogP contribution >= 0.6 is 0 Å². The Bertz CT molecular complexity index is 297. The molecule has 0 atom stereocenters. The summed E-state index contributed by atoms with van der Waals surface area (Å²) in [6.45, 7) is 0.739. The smallest absolute Gasteiger partial charge is 0.222 e. The molecule has 0 spiro atoms. The largest absolute Gasteiger partial charge is 0.393 e. The first-order chi connectivity index (χ1) is 6.74. The molecule has 1 aliphatic rings. The molecule has 0 saturated heterocycles. The van der Waals surface area contributed by atoms with Gasteiger partial charge in [-0.1, -0.05) is 0 Å². The third-order valence-electron chi connectivity index (χ3n) is 2.38. The van der Waals surface area contributed by atoms with Gasteiger partial charge in [-0.05, 0) is 18.8 Å². The van der Waals surface area contributed by atoms with Crippen molar-refractivity contribution < 1.29 is 9.50 Å². The zero-order valence-corrected chi connectivity index (χ0v) is 7.65. The van der Waals surface area contributed by atoms with Crippen molar-refractivity contribution in [3.8, 4) is 0 Å². The molecule has 1 saturated carbocycles. The summed E-state index contributed by atoms with van der Waals surface area (Å²) >= 11 is 0. The molecule has 0 bridgehead atoms. The van der Waals surface area contributed by atoms with E-state index >= 15 is 0 Å². The van der Waals surface area contributed by atoms with E-state index in [0.29, 0.717) is 11.9 Å².